The van der Waals surface area contributed by atoms with Gasteiger partial charge in [-0.15, -0.1) is 0 Å². The van der Waals surface area contributed by atoms with E-state index in [9.17, 15) is 4.79 Å². The number of hydrogen-bond acceptors (Lipinski definition) is 2. The molecule has 18 heavy (non-hydrogen) atoms. The summed E-state index contributed by atoms with van der Waals surface area (Å²) in [5, 5.41) is 6.09. The summed E-state index contributed by atoms with van der Waals surface area (Å²) >= 11 is 0. The number of carbonyl (C=O) groups is 1. The fourth-order valence-corrected chi connectivity index (χ4v) is 2.92. The minimum atomic E-state index is -0.331. The summed E-state index contributed by atoms with van der Waals surface area (Å²) in [6.07, 6.45) is 2.30. The van der Waals surface area contributed by atoms with Gasteiger partial charge in [-0.1, -0.05) is 23.7 Å². The van der Waals surface area contributed by atoms with Crippen molar-refractivity contribution in [3.8, 4) is 0 Å². The Kier molecular flexibility index (Phi) is 2.43. The highest BCUT2D eigenvalue weighted by Gasteiger charge is 2.43. The van der Waals surface area contributed by atoms with Crippen molar-refractivity contribution in [1.82, 2.24) is 10.6 Å². The van der Waals surface area contributed by atoms with Crippen LogP contribution >= 0.6 is 0 Å². The highest BCUT2D eigenvalue weighted by Crippen LogP contribution is 2.39. The van der Waals surface area contributed by atoms with Gasteiger partial charge in [-0.3, -0.25) is 15.1 Å². The molecule has 0 aromatic heterocycles. The Morgan fingerprint density at radius 1 is 1.44 bits per heavy atom. The summed E-state index contributed by atoms with van der Waals surface area (Å²) in [4.78, 5) is 15.9. The van der Waals surface area contributed by atoms with Gasteiger partial charge in [-0.25, -0.2) is 0 Å². The Morgan fingerprint density at radius 3 is 3.06 bits per heavy atom. The Balaban J connectivity index is 2.08. The van der Waals surface area contributed by atoms with Gasteiger partial charge in [0.25, 0.3) is 0 Å². The number of amides is 1. The van der Waals surface area contributed by atoms with Crippen LogP contribution in [0.2, 0.25) is 0 Å². The Bertz CT molecular complexity index is 555. The third-order valence-electron chi connectivity index (χ3n) is 3.77. The molecule has 0 bridgehead atoms. The van der Waals surface area contributed by atoms with Crippen LogP contribution < -0.4 is 16.1 Å². The molecule has 1 fully saturated rings. The zero-order chi connectivity index (χ0) is 12.8. The molecule has 1 amide bonds. The predicted octanol–water partition coefficient (Wildman–Crippen LogP) is -0.283. The number of rotatable bonds is 0. The molecule has 2 aliphatic rings. The maximum absolute atomic E-state index is 11.8. The third-order valence-corrected chi connectivity index (χ3v) is 3.77. The van der Waals surface area contributed by atoms with Crippen LogP contribution in [0, 0.1) is 0 Å². The molecule has 1 aliphatic carbocycles. The largest absolute Gasteiger partial charge is 0.346 e. The van der Waals surface area contributed by atoms with E-state index in [1.807, 2.05) is 12.1 Å². The van der Waals surface area contributed by atoms with E-state index in [1.165, 1.54) is 5.56 Å². The van der Waals surface area contributed by atoms with Gasteiger partial charge in [0.2, 0.25) is 5.91 Å². The molecule has 0 saturated carbocycles. The number of aliphatic imine (C=N–C) groups is 1. The van der Waals surface area contributed by atoms with Crippen molar-refractivity contribution >= 4 is 25.2 Å². The van der Waals surface area contributed by atoms with Gasteiger partial charge in [-0.2, -0.15) is 0 Å². The molecule has 5 heteroatoms. The van der Waals surface area contributed by atoms with Crippen molar-refractivity contribution in [2.75, 3.05) is 7.05 Å². The number of hydrogen-bond donors (Lipinski definition) is 2. The highest BCUT2D eigenvalue weighted by atomic mass is 16.2. The van der Waals surface area contributed by atoms with Crippen LogP contribution in [0.3, 0.4) is 0 Å². The van der Waals surface area contributed by atoms with Crippen LogP contribution in [-0.4, -0.2) is 26.8 Å². The van der Waals surface area contributed by atoms with Crippen LogP contribution in [0.4, 0.5) is 0 Å². The molecule has 1 aromatic rings. The first-order chi connectivity index (χ1) is 8.63. The van der Waals surface area contributed by atoms with Crippen LogP contribution in [0.1, 0.15) is 24.0 Å². The number of aryl methyl sites for hydroxylation is 1. The first-order valence-electron chi connectivity index (χ1n) is 6.07. The molecule has 3 rings (SSSR count). The molecule has 90 valence electrons. The molecule has 1 heterocycles. The standard InChI is InChI=1S/C13H14BN3O/c1-15-12-16-11(18)7-13(17-12)5-4-8-2-3-9(14)6-10(8)13/h2-3,6H,4-5,7H2,1H3,(H2,15,16,17,18)/t13-/m0/s1. The number of benzene rings is 1. The van der Waals surface area contributed by atoms with Gasteiger partial charge in [0.05, 0.1) is 12.0 Å². The molecule has 1 aliphatic heterocycles. The van der Waals surface area contributed by atoms with E-state index in [-0.39, 0.29) is 11.4 Å². The average Bonchev–Trinajstić information content (AvgIpc) is 2.67. The van der Waals surface area contributed by atoms with E-state index in [0.29, 0.717) is 12.4 Å². The van der Waals surface area contributed by atoms with Crippen molar-refractivity contribution < 1.29 is 4.79 Å². The van der Waals surface area contributed by atoms with Crippen LogP contribution in [0.25, 0.3) is 0 Å². The minimum absolute atomic E-state index is 0.00428. The zero-order valence-electron chi connectivity index (χ0n) is 10.3. The van der Waals surface area contributed by atoms with E-state index < -0.39 is 0 Å². The lowest BCUT2D eigenvalue weighted by Gasteiger charge is -2.36. The first kappa shape index (κ1) is 11.3. The normalized spacial score (nSPS) is 28.1. The average molecular weight is 239 g/mol. The summed E-state index contributed by atoms with van der Waals surface area (Å²) < 4.78 is 0. The van der Waals surface area contributed by atoms with Crippen molar-refractivity contribution in [2.45, 2.75) is 24.8 Å². The van der Waals surface area contributed by atoms with Gasteiger partial charge in [0, 0.05) is 7.05 Å². The predicted molar refractivity (Wildman–Crippen MR) is 71.1 cm³/mol. The third kappa shape index (κ3) is 1.62. The Labute approximate surface area is 107 Å². The second-order valence-electron chi connectivity index (χ2n) is 4.92. The van der Waals surface area contributed by atoms with Crippen molar-refractivity contribution in [2.24, 2.45) is 4.99 Å². The quantitative estimate of drug-likeness (QED) is 0.611. The molecule has 2 N–H and O–H groups in total. The minimum Gasteiger partial charge on any atom is -0.346 e. The number of nitrogens with zero attached hydrogens (tertiary/aromatic N) is 1. The van der Waals surface area contributed by atoms with Crippen molar-refractivity contribution in [1.29, 1.82) is 0 Å². The summed E-state index contributed by atoms with van der Waals surface area (Å²) in [7, 11) is 7.53. The van der Waals surface area contributed by atoms with E-state index in [1.54, 1.807) is 7.05 Å². The van der Waals surface area contributed by atoms with Gasteiger partial charge >= 0.3 is 0 Å². The number of fused-ring (bicyclic) bond motifs is 2. The molecule has 2 radical (unpaired) electrons. The van der Waals surface area contributed by atoms with E-state index in [4.69, 9.17) is 7.85 Å². The van der Waals surface area contributed by atoms with Crippen LogP contribution in [0.5, 0.6) is 0 Å². The van der Waals surface area contributed by atoms with E-state index >= 15 is 0 Å². The number of guanidine groups is 1. The molecule has 0 unspecified atom stereocenters. The summed E-state index contributed by atoms with van der Waals surface area (Å²) in [6.45, 7) is 0. The highest BCUT2D eigenvalue weighted by molar-refractivity contribution is 6.32. The number of carbonyl (C=O) groups excluding carboxylic acids is 1. The van der Waals surface area contributed by atoms with Crippen LogP contribution in [0.15, 0.2) is 23.2 Å². The second kappa shape index (κ2) is 3.87. The second-order valence-corrected chi connectivity index (χ2v) is 4.92. The molecule has 1 spiro atoms. The molecule has 1 saturated heterocycles. The molecule has 1 atom stereocenters. The molecule has 4 nitrogen and oxygen atoms in total. The van der Waals surface area contributed by atoms with Crippen molar-refractivity contribution in [3.63, 3.8) is 0 Å². The Morgan fingerprint density at radius 2 is 2.28 bits per heavy atom. The van der Waals surface area contributed by atoms with E-state index in [0.717, 1.165) is 23.9 Å². The lowest BCUT2D eigenvalue weighted by molar-refractivity contribution is -0.122. The molecular weight excluding hydrogens is 225 g/mol. The molecule has 1 aromatic carbocycles. The van der Waals surface area contributed by atoms with Crippen LogP contribution in [-0.2, 0) is 16.8 Å². The molecular formula is C13H14BN3O. The lowest BCUT2D eigenvalue weighted by Crippen LogP contribution is -2.58. The van der Waals surface area contributed by atoms with Gasteiger partial charge in [0.1, 0.15) is 7.85 Å². The van der Waals surface area contributed by atoms with E-state index in [2.05, 4.69) is 21.7 Å². The van der Waals surface area contributed by atoms with Gasteiger partial charge in [-0.05, 0) is 24.0 Å². The fourth-order valence-electron chi connectivity index (χ4n) is 2.92. The topological polar surface area (TPSA) is 53.5 Å². The Hall–Kier alpha value is -1.78. The van der Waals surface area contributed by atoms with Crippen molar-refractivity contribution in [3.05, 3.63) is 29.3 Å². The summed E-state index contributed by atoms with van der Waals surface area (Å²) in [6, 6.07) is 5.94. The SMILES string of the molecule is [B]c1ccc2c(c1)[C@]1(CC2)CC(=O)NC(=NC)N1. The summed E-state index contributed by atoms with van der Waals surface area (Å²) in [5.74, 6) is 0.547. The maximum Gasteiger partial charge on any atom is 0.229 e. The first-order valence-corrected chi connectivity index (χ1v) is 6.07. The zero-order valence-corrected chi connectivity index (χ0v) is 10.3. The lowest BCUT2D eigenvalue weighted by atomic mass is 9.83. The number of nitrogens with one attached hydrogen (secondary N) is 2. The fraction of sp³-hybridized carbons (Fsp3) is 0.385. The maximum atomic E-state index is 11.8. The van der Waals surface area contributed by atoms with Gasteiger partial charge < -0.3 is 5.32 Å². The smallest absolute Gasteiger partial charge is 0.229 e. The summed E-state index contributed by atoms with van der Waals surface area (Å²) in [5.41, 5.74) is 2.81. The van der Waals surface area contributed by atoms with Gasteiger partial charge in [0.15, 0.2) is 5.96 Å². The monoisotopic (exact) mass is 239 g/mol.